The molecule has 4 heterocycles. The van der Waals surface area contributed by atoms with Crippen LogP contribution in [0.25, 0.3) is 0 Å². The van der Waals surface area contributed by atoms with E-state index in [0.29, 0.717) is 18.9 Å². The summed E-state index contributed by atoms with van der Waals surface area (Å²) in [5.74, 6) is 0.474. The fraction of sp³-hybridized carbons (Fsp3) is 0.640. The van der Waals surface area contributed by atoms with Gasteiger partial charge >= 0.3 is 6.03 Å². The Morgan fingerprint density at radius 3 is 2.64 bits per heavy atom. The fourth-order valence-electron chi connectivity index (χ4n) is 5.45. The Kier molecular flexibility index (Phi) is 7.24. The van der Waals surface area contributed by atoms with Crippen LogP contribution in [-0.4, -0.2) is 56.7 Å². The Balaban J connectivity index is 1.43. The summed E-state index contributed by atoms with van der Waals surface area (Å²) in [5, 5.41) is 9.80. The molecule has 2 saturated heterocycles. The van der Waals surface area contributed by atoms with Crippen LogP contribution in [-0.2, 0) is 24.3 Å². The summed E-state index contributed by atoms with van der Waals surface area (Å²) in [5.41, 5.74) is 1.60. The molecule has 33 heavy (non-hydrogen) atoms. The second kappa shape index (κ2) is 9.97. The standard InChI is InChI=1S/C25H37N5O2S/c1-5-29-17-20(19(4)27-29)16-28-11-8-21(9-12-28)25(15-18(2)3)23(31)30(24(32)26-25)13-10-22-7-6-14-33-22/h6-7,14,17-18,21H,5,8-13,15-16H2,1-4H3,(H,26,32)/t25-/m0/s1. The molecule has 1 N–H and O–H groups in total. The number of piperidine rings is 1. The van der Waals surface area contributed by atoms with E-state index in [0.717, 1.165) is 51.1 Å². The van der Waals surface area contributed by atoms with Gasteiger partial charge in [-0.25, -0.2) is 4.79 Å². The van der Waals surface area contributed by atoms with Crippen LogP contribution in [0, 0.1) is 18.8 Å². The first-order valence-electron chi connectivity index (χ1n) is 12.2. The molecule has 0 aliphatic carbocycles. The van der Waals surface area contributed by atoms with Crippen LogP contribution in [0.2, 0.25) is 0 Å². The molecular formula is C25H37N5O2S. The number of hydrogen-bond acceptors (Lipinski definition) is 5. The number of carbonyl (C=O) groups is 2. The fourth-order valence-corrected chi connectivity index (χ4v) is 6.15. The smallest absolute Gasteiger partial charge is 0.323 e. The Labute approximate surface area is 201 Å². The summed E-state index contributed by atoms with van der Waals surface area (Å²) in [6.07, 6.45) is 5.39. The number of likely N-dealkylation sites (tertiary alicyclic amines) is 1. The second-order valence-electron chi connectivity index (χ2n) is 9.93. The lowest BCUT2D eigenvalue weighted by Crippen LogP contribution is -2.56. The molecule has 3 amide bonds. The van der Waals surface area contributed by atoms with E-state index in [1.165, 1.54) is 15.3 Å². The Morgan fingerprint density at radius 2 is 2.03 bits per heavy atom. The van der Waals surface area contributed by atoms with E-state index in [-0.39, 0.29) is 17.9 Å². The van der Waals surface area contributed by atoms with E-state index in [4.69, 9.17) is 0 Å². The molecule has 2 aromatic heterocycles. The number of carbonyl (C=O) groups excluding carboxylic acids is 2. The van der Waals surface area contributed by atoms with Gasteiger partial charge < -0.3 is 5.32 Å². The van der Waals surface area contributed by atoms with Gasteiger partial charge in [-0.15, -0.1) is 11.3 Å². The molecule has 0 spiro atoms. The van der Waals surface area contributed by atoms with Crippen molar-refractivity contribution >= 4 is 23.3 Å². The molecule has 0 aromatic carbocycles. The van der Waals surface area contributed by atoms with Crippen molar-refractivity contribution in [2.24, 2.45) is 11.8 Å². The third-order valence-electron chi connectivity index (χ3n) is 7.14. The van der Waals surface area contributed by atoms with Crippen molar-refractivity contribution in [3.63, 3.8) is 0 Å². The highest BCUT2D eigenvalue weighted by Crippen LogP contribution is 2.38. The molecule has 2 fully saturated rings. The van der Waals surface area contributed by atoms with E-state index in [1.54, 1.807) is 11.3 Å². The number of hydrogen-bond donors (Lipinski definition) is 1. The number of aryl methyl sites for hydroxylation is 2. The maximum absolute atomic E-state index is 13.7. The number of imide groups is 1. The minimum Gasteiger partial charge on any atom is -0.323 e. The van der Waals surface area contributed by atoms with Gasteiger partial charge in [0.1, 0.15) is 5.54 Å². The number of amides is 3. The number of thiophene rings is 1. The topological polar surface area (TPSA) is 70.5 Å². The van der Waals surface area contributed by atoms with E-state index in [2.05, 4.69) is 55.3 Å². The van der Waals surface area contributed by atoms with Crippen LogP contribution in [0.3, 0.4) is 0 Å². The van der Waals surface area contributed by atoms with Crippen LogP contribution in [0.1, 0.15) is 56.2 Å². The first kappa shape index (κ1) is 24.0. The van der Waals surface area contributed by atoms with Crippen molar-refractivity contribution in [1.29, 1.82) is 0 Å². The molecule has 1 atom stereocenters. The minimum atomic E-state index is -0.768. The van der Waals surface area contributed by atoms with Gasteiger partial charge in [0.25, 0.3) is 5.91 Å². The zero-order valence-electron chi connectivity index (χ0n) is 20.3. The van der Waals surface area contributed by atoms with Crippen molar-refractivity contribution < 1.29 is 9.59 Å². The van der Waals surface area contributed by atoms with Crippen LogP contribution >= 0.6 is 11.3 Å². The Morgan fingerprint density at radius 1 is 1.27 bits per heavy atom. The van der Waals surface area contributed by atoms with Crippen LogP contribution in [0.5, 0.6) is 0 Å². The first-order valence-corrected chi connectivity index (χ1v) is 13.1. The number of aromatic nitrogens is 2. The minimum absolute atomic E-state index is 0.0173. The molecule has 2 aromatic rings. The van der Waals surface area contributed by atoms with Gasteiger partial charge in [-0.05, 0) is 75.9 Å². The van der Waals surface area contributed by atoms with Crippen LogP contribution in [0.15, 0.2) is 23.7 Å². The number of rotatable bonds is 9. The zero-order chi connectivity index (χ0) is 23.6. The van der Waals surface area contributed by atoms with Gasteiger partial charge in [-0.2, -0.15) is 5.10 Å². The Hall–Kier alpha value is -2.19. The number of nitrogens with zero attached hydrogens (tertiary/aromatic N) is 4. The molecule has 8 heteroatoms. The average Bonchev–Trinajstić information content (AvgIpc) is 3.48. The predicted octanol–water partition coefficient (Wildman–Crippen LogP) is 4.06. The summed E-state index contributed by atoms with van der Waals surface area (Å²) in [4.78, 5) is 31.8. The summed E-state index contributed by atoms with van der Waals surface area (Å²) < 4.78 is 1.99. The summed E-state index contributed by atoms with van der Waals surface area (Å²) in [7, 11) is 0. The summed E-state index contributed by atoms with van der Waals surface area (Å²) >= 11 is 1.67. The van der Waals surface area contributed by atoms with Gasteiger partial charge in [0.05, 0.1) is 5.69 Å². The van der Waals surface area contributed by atoms with Crippen molar-refractivity contribution in [3.8, 4) is 0 Å². The quantitative estimate of drug-likeness (QED) is 0.560. The largest absolute Gasteiger partial charge is 0.325 e. The highest BCUT2D eigenvalue weighted by atomic mass is 32.1. The Bertz CT molecular complexity index is 962. The molecular weight excluding hydrogens is 434 g/mol. The highest BCUT2D eigenvalue weighted by Gasteiger charge is 2.55. The van der Waals surface area contributed by atoms with E-state index in [1.807, 2.05) is 16.1 Å². The van der Waals surface area contributed by atoms with Crippen LogP contribution < -0.4 is 5.32 Å². The van der Waals surface area contributed by atoms with Crippen molar-refractivity contribution in [3.05, 3.63) is 39.8 Å². The maximum Gasteiger partial charge on any atom is 0.325 e. The second-order valence-corrected chi connectivity index (χ2v) is 11.0. The molecule has 0 bridgehead atoms. The van der Waals surface area contributed by atoms with Gasteiger partial charge in [0, 0.05) is 36.3 Å². The molecule has 180 valence electrons. The van der Waals surface area contributed by atoms with Gasteiger partial charge in [0.2, 0.25) is 0 Å². The van der Waals surface area contributed by atoms with E-state index >= 15 is 0 Å². The summed E-state index contributed by atoms with van der Waals surface area (Å²) in [6.45, 7) is 12.5. The zero-order valence-corrected chi connectivity index (χ0v) is 21.2. The lowest BCUT2D eigenvalue weighted by Gasteiger charge is -2.41. The monoisotopic (exact) mass is 471 g/mol. The van der Waals surface area contributed by atoms with E-state index in [9.17, 15) is 9.59 Å². The SMILES string of the molecule is CCn1cc(CN2CCC([C@]3(CC(C)C)NC(=O)N(CCc4cccs4)C3=O)CC2)c(C)n1. The number of nitrogens with one attached hydrogen (secondary N) is 1. The molecule has 7 nitrogen and oxygen atoms in total. The third-order valence-corrected chi connectivity index (χ3v) is 8.08. The van der Waals surface area contributed by atoms with Gasteiger partial charge in [-0.3, -0.25) is 19.3 Å². The molecule has 2 aliphatic rings. The number of urea groups is 1. The van der Waals surface area contributed by atoms with Gasteiger partial charge in [-0.1, -0.05) is 19.9 Å². The van der Waals surface area contributed by atoms with Crippen molar-refractivity contribution in [1.82, 2.24) is 24.9 Å². The summed E-state index contributed by atoms with van der Waals surface area (Å²) in [6, 6.07) is 3.85. The molecule has 4 rings (SSSR count). The molecule has 0 unspecified atom stereocenters. The first-order chi connectivity index (χ1) is 15.8. The third kappa shape index (κ3) is 5.01. The molecule has 0 saturated carbocycles. The molecule has 0 radical (unpaired) electrons. The molecule has 2 aliphatic heterocycles. The predicted molar refractivity (Wildman–Crippen MR) is 131 cm³/mol. The van der Waals surface area contributed by atoms with E-state index < -0.39 is 5.54 Å². The lowest BCUT2D eigenvalue weighted by molar-refractivity contribution is -0.134. The highest BCUT2D eigenvalue weighted by molar-refractivity contribution is 7.09. The van der Waals surface area contributed by atoms with Crippen LogP contribution in [0.4, 0.5) is 4.79 Å². The van der Waals surface area contributed by atoms with Crippen molar-refractivity contribution in [2.75, 3.05) is 19.6 Å². The lowest BCUT2D eigenvalue weighted by atomic mass is 9.73. The van der Waals surface area contributed by atoms with Crippen molar-refractivity contribution in [2.45, 2.75) is 72.0 Å². The maximum atomic E-state index is 13.7. The normalized spacial score (nSPS) is 22.5. The van der Waals surface area contributed by atoms with Gasteiger partial charge in [0.15, 0.2) is 0 Å². The average molecular weight is 472 g/mol.